The quantitative estimate of drug-likeness (QED) is 0.0227. The van der Waals surface area contributed by atoms with Gasteiger partial charge in [-0.2, -0.15) is 0 Å². The standard InChI is InChI=1S/C55H102O9/c1-2-3-4-5-6-7-8-9-12-15-20-25-31-38-45-55(54(63)64-49-51(58)48-56,46-39-32-26-21-16-13-10-11-14-17-23-28-36-43-52(59)60)47-40-33-30-35-42-50(57)41-34-27-22-18-19-24-29-37-44-53(61)62/h9,12,27,34,50-51,56-58H,2-8,10-11,13-26,28-33,35-49H2,1H3,(H,59,60)(H,61,62)/b12-9-,34-27-/t50-,51?,55?/m0/s1. The van der Waals surface area contributed by atoms with Gasteiger partial charge in [-0.3, -0.25) is 14.4 Å². The van der Waals surface area contributed by atoms with Crippen LogP contribution in [0.5, 0.6) is 0 Å². The number of carbonyl (C=O) groups is 3. The van der Waals surface area contributed by atoms with Gasteiger partial charge in [-0.05, 0) is 83.5 Å². The zero-order valence-electron chi connectivity index (χ0n) is 41.4. The van der Waals surface area contributed by atoms with Crippen LogP contribution in [-0.2, 0) is 19.1 Å². The summed E-state index contributed by atoms with van der Waals surface area (Å²) in [4.78, 5) is 35.3. The first kappa shape index (κ1) is 61.8. The normalized spacial score (nSPS) is 13.8. The van der Waals surface area contributed by atoms with E-state index in [-0.39, 0.29) is 31.5 Å². The molecule has 0 fully saturated rings. The zero-order chi connectivity index (χ0) is 47.0. The van der Waals surface area contributed by atoms with Crippen molar-refractivity contribution in [3.05, 3.63) is 24.3 Å². The van der Waals surface area contributed by atoms with E-state index in [9.17, 15) is 29.7 Å². The maximum atomic E-state index is 14.0. The number of ether oxygens (including phenoxy) is 1. The van der Waals surface area contributed by atoms with Crippen LogP contribution < -0.4 is 0 Å². The minimum atomic E-state index is -1.07. The molecule has 0 saturated heterocycles. The lowest BCUT2D eigenvalue weighted by Crippen LogP contribution is -2.35. The van der Waals surface area contributed by atoms with Crippen LogP contribution in [0.1, 0.15) is 277 Å². The second-order valence-electron chi connectivity index (χ2n) is 19.2. The van der Waals surface area contributed by atoms with Crippen molar-refractivity contribution in [1.82, 2.24) is 0 Å². The molecule has 0 bridgehead atoms. The fourth-order valence-electron chi connectivity index (χ4n) is 8.86. The summed E-state index contributed by atoms with van der Waals surface area (Å²) in [5.74, 6) is -1.62. The molecule has 0 rings (SSSR count). The van der Waals surface area contributed by atoms with Gasteiger partial charge >= 0.3 is 17.9 Å². The Morgan fingerprint density at radius 3 is 1.19 bits per heavy atom. The number of aliphatic hydroxyl groups is 3. The van der Waals surface area contributed by atoms with Crippen LogP contribution >= 0.6 is 0 Å². The Morgan fingerprint density at radius 1 is 0.453 bits per heavy atom. The molecule has 2 unspecified atom stereocenters. The van der Waals surface area contributed by atoms with Crippen molar-refractivity contribution in [2.75, 3.05) is 13.2 Å². The fourth-order valence-corrected chi connectivity index (χ4v) is 8.86. The largest absolute Gasteiger partial charge is 0.481 e. The third kappa shape index (κ3) is 42.4. The molecule has 376 valence electrons. The Labute approximate surface area is 393 Å². The number of carboxylic acids is 2. The number of unbranched alkanes of at least 4 members (excludes halogenated alkanes) is 30. The lowest BCUT2D eigenvalue weighted by molar-refractivity contribution is -0.161. The average Bonchev–Trinajstić information content (AvgIpc) is 3.27. The van der Waals surface area contributed by atoms with E-state index in [0.717, 1.165) is 154 Å². The summed E-state index contributed by atoms with van der Waals surface area (Å²) in [6.07, 6.45) is 51.3. The molecule has 5 N–H and O–H groups in total. The number of aliphatic hydroxyl groups excluding tert-OH is 3. The minimum absolute atomic E-state index is 0.173. The number of hydrogen-bond donors (Lipinski definition) is 5. The molecule has 0 radical (unpaired) electrons. The Balaban J connectivity index is 4.97. The molecule has 0 amide bonds. The van der Waals surface area contributed by atoms with Gasteiger partial charge in [-0.15, -0.1) is 0 Å². The van der Waals surface area contributed by atoms with Gasteiger partial charge in [0.25, 0.3) is 0 Å². The summed E-state index contributed by atoms with van der Waals surface area (Å²) < 4.78 is 5.77. The van der Waals surface area contributed by atoms with Crippen LogP contribution in [0.3, 0.4) is 0 Å². The van der Waals surface area contributed by atoms with E-state index in [1.54, 1.807) is 0 Å². The van der Waals surface area contributed by atoms with Gasteiger partial charge in [0, 0.05) is 12.8 Å². The number of esters is 1. The first-order chi connectivity index (χ1) is 31.2. The van der Waals surface area contributed by atoms with Gasteiger partial charge in [-0.25, -0.2) is 0 Å². The van der Waals surface area contributed by atoms with Gasteiger partial charge in [0.05, 0.1) is 18.1 Å². The molecule has 64 heavy (non-hydrogen) atoms. The summed E-state index contributed by atoms with van der Waals surface area (Å²) >= 11 is 0. The maximum absolute atomic E-state index is 14.0. The number of rotatable bonds is 51. The molecule has 0 saturated carbocycles. The average molecular weight is 907 g/mol. The van der Waals surface area contributed by atoms with Crippen molar-refractivity contribution in [1.29, 1.82) is 0 Å². The first-order valence-corrected chi connectivity index (χ1v) is 27.0. The topological polar surface area (TPSA) is 162 Å². The van der Waals surface area contributed by atoms with Crippen LogP contribution in [0, 0.1) is 5.41 Å². The number of hydrogen-bond acceptors (Lipinski definition) is 7. The van der Waals surface area contributed by atoms with Crippen molar-refractivity contribution in [2.24, 2.45) is 5.41 Å². The molecule has 0 aromatic carbocycles. The number of aliphatic carboxylic acids is 2. The molecule has 0 aromatic heterocycles. The number of carboxylic acid groups (broad SMARTS) is 2. The van der Waals surface area contributed by atoms with E-state index in [1.807, 2.05) is 0 Å². The second-order valence-corrected chi connectivity index (χ2v) is 19.2. The van der Waals surface area contributed by atoms with Gasteiger partial charge in [-0.1, -0.05) is 205 Å². The predicted octanol–water partition coefficient (Wildman–Crippen LogP) is 14.9. The van der Waals surface area contributed by atoms with Crippen molar-refractivity contribution < 1.29 is 44.7 Å². The molecule has 3 atom stereocenters. The van der Waals surface area contributed by atoms with Gasteiger partial charge in [0.15, 0.2) is 0 Å². The fraction of sp³-hybridized carbons (Fsp3) is 0.873. The van der Waals surface area contributed by atoms with E-state index in [0.29, 0.717) is 6.42 Å². The number of allylic oxidation sites excluding steroid dienone is 3. The van der Waals surface area contributed by atoms with E-state index < -0.39 is 30.1 Å². The maximum Gasteiger partial charge on any atom is 0.312 e. The van der Waals surface area contributed by atoms with Crippen LogP contribution in [0.25, 0.3) is 0 Å². The predicted molar refractivity (Wildman–Crippen MR) is 266 cm³/mol. The molecular formula is C55H102O9. The van der Waals surface area contributed by atoms with Crippen molar-refractivity contribution in [2.45, 2.75) is 289 Å². The van der Waals surface area contributed by atoms with E-state index in [1.165, 1.54) is 96.3 Å². The molecule has 0 aliphatic rings. The molecule has 0 aromatic rings. The zero-order valence-corrected chi connectivity index (χ0v) is 41.4. The first-order valence-electron chi connectivity index (χ1n) is 27.0. The minimum Gasteiger partial charge on any atom is -0.481 e. The summed E-state index contributed by atoms with van der Waals surface area (Å²) in [5, 5.41) is 47.6. The monoisotopic (exact) mass is 907 g/mol. The SMILES string of the molecule is CCCCCCCC/C=C\CCCCCCC(CCCCCCCCCCCCCCCC(=O)O)(CCCCCC[C@@H](O)C/C=C\CCCCCCCC(=O)O)C(=O)OCC(O)CO. The van der Waals surface area contributed by atoms with Gasteiger partial charge in [0.2, 0.25) is 0 Å². The van der Waals surface area contributed by atoms with Crippen LogP contribution in [0.15, 0.2) is 24.3 Å². The van der Waals surface area contributed by atoms with Gasteiger partial charge in [0.1, 0.15) is 12.7 Å². The van der Waals surface area contributed by atoms with Crippen molar-refractivity contribution >= 4 is 17.9 Å². The molecular weight excluding hydrogens is 805 g/mol. The van der Waals surface area contributed by atoms with Crippen LogP contribution in [-0.4, -0.2) is 68.9 Å². The summed E-state index contributed by atoms with van der Waals surface area (Å²) in [5.41, 5.74) is -0.581. The van der Waals surface area contributed by atoms with E-state index in [2.05, 4.69) is 31.2 Å². The molecule has 9 nitrogen and oxygen atoms in total. The second kappa shape index (κ2) is 47.3. The molecule has 0 aliphatic carbocycles. The highest BCUT2D eigenvalue weighted by Crippen LogP contribution is 2.39. The molecule has 0 heterocycles. The van der Waals surface area contributed by atoms with E-state index in [4.69, 9.17) is 14.9 Å². The lowest BCUT2D eigenvalue weighted by Gasteiger charge is -2.32. The van der Waals surface area contributed by atoms with Crippen molar-refractivity contribution in [3.8, 4) is 0 Å². The third-order valence-corrected chi connectivity index (χ3v) is 13.0. The Morgan fingerprint density at radius 2 is 0.797 bits per heavy atom. The third-order valence-electron chi connectivity index (χ3n) is 13.0. The lowest BCUT2D eigenvalue weighted by atomic mass is 9.74. The van der Waals surface area contributed by atoms with Crippen LogP contribution in [0.4, 0.5) is 0 Å². The van der Waals surface area contributed by atoms with E-state index >= 15 is 0 Å². The van der Waals surface area contributed by atoms with Crippen LogP contribution in [0.2, 0.25) is 0 Å². The molecule has 0 spiro atoms. The summed E-state index contributed by atoms with van der Waals surface area (Å²) in [7, 11) is 0. The Hall–Kier alpha value is -2.23. The Bertz CT molecular complexity index is 1110. The smallest absolute Gasteiger partial charge is 0.312 e. The summed E-state index contributed by atoms with van der Waals surface area (Å²) in [6, 6.07) is 0. The Kier molecular flexibility index (Phi) is 45.6. The molecule has 0 aliphatic heterocycles. The van der Waals surface area contributed by atoms with Crippen molar-refractivity contribution in [3.63, 3.8) is 0 Å². The highest BCUT2D eigenvalue weighted by molar-refractivity contribution is 5.76. The highest BCUT2D eigenvalue weighted by Gasteiger charge is 2.38. The highest BCUT2D eigenvalue weighted by atomic mass is 16.5. The van der Waals surface area contributed by atoms with Gasteiger partial charge < -0.3 is 30.3 Å². The molecule has 9 heteroatoms. The summed E-state index contributed by atoms with van der Waals surface area (Å²) in [6.45, 7) is 1.66. The number of carbonyl (C=O) groups excluding carboxylic acids is 1.